The van der Waals surface area contributed by atoms with Crippen LogP contribution in [-0.2, 0) is 20.8 Å². The molecule has 1 fully saturated rings. The fourth-order valence-corrected chi connectivity index (χ4v) is 4.77. The van der Waals surface area contributed by atoms with Gasteiger partial charge < -0.3 is 19.0 Å². The predicted molar refractivity (Wildman–Crippen MR) is 91.2 cm³/mol. The first-order valence-electron chi connectivity index (χ1n) is 7.30. The molecule has 0 aliphatic carbocycles. The number of pyridine rings is 1. The maximum absolute atomic E-state index is 12.8. The van der Waals surface area contributed by atoms with Crippen molar-refractivity contribution in [2.24, 2.45) is 0 Å². The van der Waals surface area contributed by atoms with Gasteiger partial charge in [-0.15, -0.1) is 0 Å². The number of fused-ring (bicyclic) bond motifs is 1. The van der Waals surface area contributed by atoms with E-state index in [9.17, 15) is 4.55 Å². The van der Waals surface area contributed by atoms with Crippen LogP contribution in [0.1, 0.15) is 30.5 Å². The third kappa shape index (κ3) is 2.68. The molecule has 0 bridgehead atoms. The van der Waals surface area contributed by atoms with E-state index in [0.717, 1.165) is 29.7 Å². The first-order valence-corrected chi connectivity index (χ1v) is 9.03. The zero-order chi connectivity index (χ0) is 15.7. The van der Waals surface area contributed by atoms with Crippen molar-refractivity contribution in [1.82, 2.24) is 14.7 Å². The molecule has 22 heavy (non-hydrogen) atoms. The molecule has 118 valence electrons. The van der Waals surface area contributed by atoms with E-state index >= 15 is 0 Å². The van der Waals surface area contributed by atoms with E-state index in [1.54, 1.807) is 7.05 Å². The third-order valence-electron chi connectivity index (χ3n) is 3.93. The van der Waals surface area contributed by atoms with Gasteiger partial charge in [0.2, 0.25) is 0 Å². The molecule has 5 nitrogen and oxygen atoms in total. The van der Waals surface area contributed by atoms with Gasteiger partial charge >= 0.3 is 0 Å². The van der Waals surface area contributed by atoms with Gasteiger partial charge in [0.05, 0.1) is 11.3 Å². The number of hydrogen-bond acceptors (Lipinski definition) is 4. The van der Waals surface area contributed by atoms with Crippen molar-refractivity contribution in [1.29, 1.82) is 0 Å². The van der Waals surface area contributed by atoms with Gasteiger partial charge in [-0.05, 0) is 55.3 Å². The minimum atomic E-state index is -1.13. The average molecular weight is 337 g/mol. The molecular formula is C15H19N3O2S2. The first-order chi connectivity index (χ1) is 10.5. The molecule has 0 spiro atoms. The number of aromatic nitrogens is 2. The lowest BCUT2D eigenvalue weighted by Gasteiger charge is -2.38. The van der Waals surface area contributed by atoms with Crippen LogP contribution in [0.25, 0.3) is 5.65 Å². The van der Waals surface area contributed by atoms with Gasteiger partial charge in [-0.25, -0.2) is 4.98 Å². The largest absolute Gasteiger partial charge is 0.613 e. The maximum Gasteiger partial charge on any atom is 0.293 e. The van der Waals surface area contributed by atoms with Gasteiger partial charge in [-0.1, -0.05) is 0 Å². The standard InChI is InChI=1S/C15H19N3O2S2/c1-11-9-18-10-12(5-6-13(18)17-11)15(20-14(21)16-2)7-3-4-8-22(15)19/h5-6,9-10H,3-4,7-8H2,1-2H3,(H,16,21). The molecule has 2 unspecified atom stereocenters. The van der Waals surface area contributed by atoms with Crippen LogP contribution in [0.5, 0.6) is 0 Å². The number of nitrogens with zero attached hydrogens (tertiary/aromatic N) is 2. The van der Waals surface area contributed by atoms with Gasteiger partial charge in [0.15, 0.2) is 0 Å². The molecular weight excluding hydrogens is 318 g/mol. The molecule has 1 aliphatic heterocycles. The molecule has 0 radical (unpaired) electrons. The Morgan fingerprint density at radius 3 is 3.00 bits per heavy atom. The normalized spacial score (nSPS) is 25.1. The second-order valence-electron chi connectivity index (χ2n) is 5.46. The summed E-state index contributed by atoms with van der Waals surface area (Å²) in [6.45, 7) is 1.95. The lowest BCUT2D eigenvalue weighted by molar-refractivity contribution is 0.118. The van der Waals surface area contributed by atoms with Crippen LogP contribution in [0, 0.1) is 6.92 Å². The van der Waals surface area contributed by atoms with Gasteiger partial charge in [0.25, 0.3) is 10.1 Å². The molecule has 2 aromatic heterocycles. The summed E-state index contributed by atoms with van der Waals surface area (Å²) in [6, 6.07) is 3.88. The van der Waals surface area contributed by atoms with Gasteiger partial charge in [-0.3, -0.25) is 0 Å². The summed E-state index contributed by atoms with van der Waals surface area (Å²) < 4.78 is 20.7. The molecule has 0 amide bonds. The molecule has 2 aromatic rings. The fraction of sp³-hybridized carbons (Fsp3) is 0.467. The fourth-order valence-electron chi connectivity index (χ4n) is 2.85. The Morgan fingerprint density at radius 2 is 2.27 bits per heavy atom. The topological polar surface area (TPSA) is 61.6 Å². The van der Waals surface area contributed by atoms with Crippen LogP contribution in [0.2, 0.25) is 0 Å². The smallest absolute Gasteiger partial charge is 0.293 e. The summed E-state index contributed by atoms with van der Waals surface area (Å²) in [4.78, 5) is 3.56. The summed E-state index contributed by atoms with van der Waals surface area (Å²) >= 11 is 4.04. The van der Waals surface area contributed by atoms with Crippen molar-refractivity contribution in [3.8, 4) is 0 Å². The second kappa shape index (κ2) is 6.06. The average Bonchev–Trinajstić information content (AvgIpc) is 2.88. The molecule has 0 saturated carbocycles. The van der Waals surface area contributed by atoms with Crippen LogP contribution in [0.4, 0.5) is 0 Å². The minimum absolute atomic E-state index is 0.275. The monoisotopic (exact) mass is 337 g/mol. The molecule has 3 rings (SSSR count). The van der Waals surface area contributed by atoms with E-state index in [-0.39, 0.29) is 5.17 Å². The zero-order valence-electron chi connectivity index (χ0n) is 12.7. The molecule has 3 heterocycles. The Kier molecular flexibility index (Phi) is 4.29. The van der Waals surface area contributed by atoms with E-state index in [1.807, 2.05) is 35.9 Å². The van der Waals surface area contributed by atoms with Crippen LogP contribution in [-0.4, -0.2) is 31.9 Å². The minimum Gasteiger partial charge on any atom is -0.613 e. The number of imidazole rings is 1. The van der Waals surface area contributed by atoms with Crippen molar-refractivity contribution in [3.05, 3.63) is 35.8 Å². The van der Waals surface area contributed by atoms with Crippen molar-refractivity contribution < 1.29 is 9.29 Å². The lowest BCUT2D eigenvalue weighted by atomic mass is 10.0. The van der Waals surface area contributed by atoms with Crippen molar-refractivity contribution in [3.63, 3.8) is 0 Å². The van der Waals surface area contributed by atoms with Crippen molar-refractivity contribution in [2.45, 2.75) is 31.1 Å². The van der Waals surface area contributed by atoms with E-state index < -0.39 is 16.1 Å². The number of ether oxygens (including phenoxy) is 1. The van der Waals surface area contributed by atoms with Crippen molar-refractivity contribution in [2.75, 3.05) is 12.8 Å². The summed E-state index contributed by atoms with van der Waals surface area (Å²) in [7, 11) is 1.71. The van der Waals surface area contributed by atoms with Gasteiger partial charge in [0, 0.05) is 25.9 Å². The lowest BCUT2D eigenvalue weighted by Crippen LogP contribution is -2.46. The Labute approximate surface area is 138 Å². The molecule has 0 aromatic carbocycles. The summed E-state index contributed by atoms with van der Waals surface area (Å²) in [6.07, 6.45) is 6.53. The highest BCUT2D eigenvalue weighted by Gasteiger charge is 2.49. The highest BCUT2D eigenvalue weighted by atomic mass is 32.2. The Hall–Kier alpha value is -1.31. The second-order valence-corrected chi connectivity index (χ2v) is 7.59. The Balaban J connectivity index is 2.07. The quantitative estimate of drug-likeness (QED) is 0.673. The summed E-state index contributed by atoms with van der Waals surface area (Å²) in [5, 5.41) is 3.10. The van der Waals surface area contributed by atoms with E-state index in [4.69, 9.17) is 17.0 Å². The van der Waals surface area contributed by atoms with Crippen LogP contribution < -0.4 is 5.32 Å². The zero-order valence-corrected chi connectivity index (χ0v) is 14.3. The van der Waals surface area contributed by atoms with Crippen LogP contribution in [0.3, 0.4) is 0 Å². The number of thiocarbonyl (C=S) groups is 1. The number of rotatable bonds is 2. The Morgan fingerprint density at radius 1 is 1.45 bits per heavy atom. The van der Waals surface area contributed by atoms with Crippen LogP contribution in [0.15, 0.2) is 24.5 Å². The number of nitrogens with one attached hydrogen (secondary N) is 1. The van der Waals surface area contributed by atoms with E-state index in [0.29, 0.717) is 12.2 Å². The molecule has 1 aliphatic rings. The first kappa shape index (κ1) is 15.6. The third-order valence-corrected chi connectivity index (χ3v) is 6.13. The number of hydrogen-bond donors (Lipinski definition) is 1. The molecule has 1 N–H and O–H groups in total. The maximum atomic E-state index is 12.8. The summed E-state index contributed by atoms with van der Waals surface area (Å²) in [5.41, 5.74) is 2.70. The Bertz CT molecular complexity index is 703. The highest BCUT2D eigenvalue weighted by molar-refractivity contribution is 7.92. The van der Waals surface area contributed by atoms with Crippen molar-refractivity contribution >= 4 is 34.2 Å². The van der Waals surface area contributed by atoms with Gasteiger partial charge in [0.1, 0.15) is 11.4 Å². The highest BCUT2D eigenvalue weighted by Crippen LogP contribution is 2.41. The predicted octanol–water partition coefficient (Wildman–Crippen LogP) is 2.25. The van der Waals surface area contributed by atoms with Gasteiger partial charge in [-0.2, -0.15) is 0 Å². The molecule has 7 heteroatoms. The van der Waals surface area contributed by atoms with E-state index in [1.165, 1.54) is 0 Å². The SMILES string of the molecule is CNC(=S)OC1(c2ccc3nc(C)cn3c2)CCCC[S+]1[O-]. The van der Waals surface area contributed by atoms with Crippen LogP contribution >= 0.6 is 12.2 Å². The molecule has 1 saturated heterocycles. The summed E-state index contributed by atoms with van der Waals surface area (Å²) in [5.74, 6) is 0.632. The molecule has 2 atom stereocenters. The number of aryl methyl sites for hydroxylation is 1. The van der Waals surface area contributed by atoms with E-state index in [2.05, 4.69) is 10.3 Å².